The van der Waals surface area contributed by atoms with Gasteiger partial charge in [0.1, 0.15) is 11.8 Å². The molecule has 3 aromatic rings. The van der Waals surface area contributed by atoms with E-state index in [2.05, 4.69) is 43.0 Å². The fourth-order valence-corrected chi connectivity index (χ4v) is 4.64. The van der Waals surface area contributed by atoms with E-state index in [1.807, 2.05) is 0 Å². The summed E-state index contributed by atoms with van der Waals surface area (Å²) in [7, 11) is 0. The molecule has 0 amide bonds. The summed E-state index contributed by atoms with van der Waals surface area (Å²) in [5.41, 5.74) is 5.40. The van der Waals surface area contributed by atoms with Crippen LogP contribution in [0, 0.1) is 0 Å². The van der Waals surface area contributed by atoms with Crippen molar-refractivity contribution in [2.45, 2.75) is 50.7 Å². The van der Waals surface area contributed by atoms with Crippen LogP contribution in [0.1, 0.15) is 48.5 Å². The quantitative estimate of drug-likeness (QED) is 0.760. The molecule has 6 heteroatoms. The molecule has 26 heavy (non-hydrogen) atoms. The van der Waals surface area contributed by atoms with Crippen molar-refractivity contribution in [1.29, 1.82) is 0 Å². The first-order valence-corrected chi connectivity index (χ1v) is 9.52. The predicted molar refractivity (Wildman–Crippen MR) is 100 cm³/mol. The highest BCUT2D eigenvalue weighted by Gasteiger charge is 2.35. The number of aromatic nitrogens is 4. The van der Waals surface area contributed by atoms with Crippen LogP contribution < -0.4 is 4.90 Å². The number of hydrogen-bond donors (Lipinski definition) is 2. The van der Waals surface area contributed by atoms with E-state index in [1.165, 1.54) is 24.0 Å². The summed E-state index contributed by atoms with van der Waals surface area (Å²) in [6.07, 6.45) is 9.39. The Morgan fingerprint density at radius 3 is 3.00 bits per heavy atom. The topological polar surface area (TPSA) is 77.9 Å². The molecule has 134 valence electrons. The predicted octanol–water partition coefficient (Wildman–Crippen LogP) is 2.93. The molecule has 1 aromatic carbocycles. The summed E-state index contributed by atoms with van der Waals surface area (Å²) in [4.78, 5) is 18.4. The van der Waals surface area contributed by atoms with Crippen LogP contribution >= 0.6 is 0 Å². The Morgan fingerprint density at radius 2 is 2.04 bits per heavy atom. The molecule has 3 heterocycles. The highest BCUT2D eigenvalue weighted by molar-refractivity contribution is 5.83. The number of aromatic amines is 1. The van der Waals surface area contributed by atoms with Gasteiger partial charge in [-0.15, -0.1) is 0 Å². The lowest BCUT2D eigenvalue weighted by molar-refractivity contribution is 0.146. The second-order valence-corrected chi connectivity index (χ2v) is 7.34. The monoisotopic (exact) mass is 349 g/mol. The van der Waals surface area contributed by atoms with Gasteiger partial charge in [-0.2, -0.15) is 0 Å². The number of aryl methyl sites for hydroxylation is 1. The molecule has 0 bridgehead atoms. The summed E-state index contributed by atoms with van der Waals surface area (Å²) in [5, 5.41) is 11.3. The van der Waals surface area contributed by atoms with Crippen molar-refractivity contribution in [3.05, 3.63) is 47.5 Å². The van der Waals surface area contributed by atoms with Gasteiger partial charge in [0, 0.05) is 6.54 Å². The molecule has 2 aliphatic rings. The Hall–Kier alpha value is -2.47. The van der Waals surface area contributed by atoms with Crippen molar-refractivity contribution in [1.82, 2.24) is 19.9 Å². The number of aliphatic hydroxyl groups excluding tert-OH is 1. The standard InChI is InChI=1S/C20H23N5O/c26-18(15-8-3-6-13-5-1-2-7-14(13)15)16-9-4-10-25(16)20-17-19(22-11-21-17)23-12-24-20/h3,6,8,11-12,16,18,26H,1-2,4-5,7,9-10H2,(H,21,22,23,24)/t16-,18?/m1/s1. The van der Waals surface area contributed by atoms with Crippen molar-refractivity contribution in [2.24, 2.45) is 0 Å². The number of benzene rings is 1. The minimum absolute atomic E-state index is 0.0261. The summed E-state index contributed by atoms with van der Waals surface area (Å²) in [6, 6.07) is 6.45. The second kappa shape index (κ2) is 6.36. The van der Waals surface area contributed by atoms with E-state index in [9.17, 15) is 5.11 Å². The van der Waals surface area contributed by atoms with Crippen LogP contribution in [0.15, 0.2) is 30.9 Å². The van der Waals surface area contributed by atoms with Gasteiger partial charge in [-0.3, -0.25) is 0 Å². The van der Waals surface area contributed by atoms with Gasteiger partial charge < -0.3 is 15.0 Å². The lowest BCUT2D eigenvalue weighted by Gasteiger charge is -2.32. The third-order valence-corrected chi connectivity index (χ3v) is 5.88. The first kappa shape index (κ1) is 15.8. The molecular formula is C20H23N5O. The van der Waals surface area contributed by atoms with Gasteiger partial charge in [-0.25, -0.2) is 15.0 Å². The van der Waals surface area contributed by atoms with E-state index >= 15 is 0 Å². The number of H-pyrrole nitrogens is 1. The minimum atomic E-state index is -0.505. The summed E-state index contributed by atoms with van der Waals surface area (Å²) in [6.45, 7) is 0.885. The van der Waals surface area contributed by atoms with Crippen LogP contribution in [0.3, 0.4) is 0 Å². The number of imidazole rings is 1. The number of nitrogens with one attached hydrogen (secondary N) is 1. The smallest absolute Gasteiger partial charge is 0.162 e. The van der Waals surface area contributed by atoms with Gasteiger partial charge in [0.25, 0.3) is 0 Å². The zero-order valence-corrected chi connectivity index (χ0v) is 14.7. The van der Waals surface area contributed by atoms with Gasteiger partial charge in [0.2, 0.25) is 0 Å². The molecule has 1 unspecified atom stereocenters. The van der Waals surface area contributed by atoms with Crippen molar-refractivity contribution in [3.8, 4) is 0 Å². The Kier molecular flexibility index (Phi) is 3.85. The molecule has 1 aliphatic carbocycles. The Bertz CT molecular complexity index is 937. The molecule has 1 fully saturated rings. The van der Waals surface area contributed by atoms with Gasteiger partial charge in [0.15, 0.2) is 11.5 Å². The second-order valence-electron chi connectivity index (χ2n) is 7.34. The number of hydrogen-bond acceptors (Lipinski definition) is 5. The Morgan fingerprint density at radius 1 is 1.12 bits per heavy atom. The number of fused-ring (bicyclic) bond motifs is 2. The van der Waals surface area contributed by atoms with Gasteiger partial charge in [0.05, 0.1) is 18.5 Å². The molecule has 2 aromatic heterocycles. The van der Waals surface area contributed by atoms with Crippen LogP contribution in [0.25, 0.3) is 11.2 Å². The van der Waals surface area contributed by atoms with Crippen LogP contribution in [0.5, 0.6) is 0 Å². The van der Waals surface area contributed by atoms with E-state index in [0.29, 0.717) is 0 Å². The van der Waals surface area contributed by atoms with Crippen LogP contribution in [-0.4, -0.2) is 37.6 Å². The largest absolute Gasteiger partial charge is 0.386 e. The minimum Gasteiger partial charge on any atom is -0.386 e. The molecule has 5 rings (SSSR count). The summed E-state index contributed by atoms with van der Waals surface area (Å²) in [5.74, 6) is 0.822. The van der Waals surface area contributed by atoms with Crippen molar-refractivity contribution < 1.29 is 5.11 Å². The third-order valence-electron chi connectivity index (χ3n) is 5.88. The molecule has 2 N–H and O–H groups in total. The van der Waals surface area contributed by atoms with E-state index in [0.717, 1.165) is 54.8 Å². The maximum Gasteiger partial charge on any atom is 0.162 e. The van der Waals surface area contributed by atoms with Gasteiger partial charge >= 0.3 is 0 Å². The van der Waals surface area contributed by atoms with E-state index in [4.69, 9.17) is 0 Å². The maximum absolute atomic E-state index is 11.3. The summed E-state index contributed by atoms with van der Waals surface area (Å²) < 4.78 is 0. The normalized spacial score (nSPS) is 21.1. The molecular weight excluding hydrogens is 326 g/mol. The fourth-order valence-electron chi connectivity index (χ4n) is 4.64. The molecule has 1 aliphatic heterocycles. The van der Waals surface area contributed by atoms with Crippen LogP contribution in [0.2, 0.25) is 0 Å². The van der Waals surface area contributed by atoms with Crippen molar-refractivity contribution >= 4 is 17.0 Å². The highest BCUT2D eigenvalue weighted by Crippen LogP contribution is 2.37. The van der Waals surface area contributed by atoms with Gasteiger partial charge in [-0.1, -0.05) is 18.2 Å². The molecule has 0 spiro atoms. The average molecular weight is 349 g/mol. The van der Waals surface area contributed by atoms with E-state index in [1.54, 1.807) is 12.7 Å². The Labute approximate surface area is 152 Å². The van der Waals surface area contributed by atoms with Crippen LogP contribution in [0.4, 0.5) is 5.82 Å². The number of nitrogens with zero attached hydrogens (tertiary/aromatic N) is 4. The summed E-state index contributed by atoms with van der Waals surface area (Å²) >= 11 is 0. The Balaban J connectivity index is 1.52. The van der Waals surface area contributed by atoms with E-state index in [-0.39, 0.29) is 6.04 Å². The first-order chi connectivity index (χ1) is 12.8. The molecule has 0 radical (unpaired) electrons. The van der Waals surface area contributed by atoms with Gasteiger partial charge in [-0.05, 0) is 55.2 Å². The molecule has 1 saturated heterocycles. The molecule has 2 atom stereocenters. The van der Waals surface area contributed by atoms with E-state index < -0.39 is 6.10 Å². The number of rotatable bonds is 3. The molecule has 0 saturated carbocycles. The fraction of sp³-hybridized carbons (Fsp3) is 0.450. The molecule has 6 nitrogen and oxygen atoms in total. The highest BCUT2D eigenvalue weighted by atomic mass is 16.3. The SMILES string of the molecule is OC(c1cccc2c1CCCC2)[C@H]1CCCN1c1ncnc2[nH]cnc12. The number of aliphatic hydroxyl groups is 1. The number of anilines is 1. The van der Waals surface area contributed by atoms with Crippen molar-refractivity contribution in [3.63, 3.8) is 0 Å². The zero-order chi connectivity index (χ0) is 17.5. The van der Waals surface area contributed by atoms with Crippen LogP contribution in [-0.2, 0) is 12.8 Å². The maximum atomic E-state index is 11.3. The third kappa shape index (κ3) is 2.48. The van der Waals surface area contributed by atoms with Crippen molar-refractivity contribution in [2.75, 3.05) is 11.4 Å². The lowest BCUT2D eigenvalue weighted by Crippen LogP contribution is -2.36. The first-order valence-electron chi connectivity index (χ1n) is 9.52. The zero-order valence-electron chi connectivity index (χ0n) is 14.7. The average Bonchev–Trinajstić information content (AvgIpc) is 3.36. The lowest BCUT2D eigenvalue weighted by atomic mass is 9.85.